The SMILES string of the molecule is COc1cccc(-c2nc(NCc3ccc(C(=O)NO)cc3)cc3c2[nH]c2ccccc23)c1. The quantitative estimate of drug-likeness (QED) is 0.218. The van der Waals surface area contributed by atoms with E-state index < -0.39 is 5.91 Å². The van der Waals surface area contributed by atoms with E-state index in [4.69, 9.17) is 14.9 Å². The molecule has 0 unspecified atom stereocenters. The van der Waals surface area contributed by atoms with Gasteiger partial charge in [0.05, 0.1) is 18.3 Å². The number of nitrogens with one attached hydrogen (secondary N) is 3. The normalized spacial score (nSPS) is 11.0. The van der Waals surface area contributed by atoms with E-state index in [1.165, 1.54) is 0 Å². The van der Waals surface area contributed by atoms with E-state index in [2.05, 4.69) is 22.4 Å². The maximum absolute atomic E-state index is 11.5. The second-order valence-corrected chi connectivity index (χ2v) is 7.67. The molecular weight excluding hydrogens is 416 g/mol. The Balaban J connectivity index is 1.54. The zero-order chi connectivity index (χ0) is 22.8. The highest BCUT2D eigenvalue weighted by Gasteiger charge is 2.14. The summed E-state index contributed by atoms with van der Waals surface area (Å²) in [6.07, 6.45) is 0. The molecule has 0 aliphatic carbocycles. The lowest BCUT2D eigenvalue weighted by atomic mass is 10.1. The zero-order valence-electron chi connectivity index (χ0n) is 17.9. The minimum Gasteiger partial charge on any atom is -0.497 e. The van der Waals surface area contributed by atoms with Gasteiger partial charge in [-0.05, 0) is 42.0 Å². The summed E-state index contributed by atoms with van der Waals surface area (Å²) in [4.78, 5) is 20.0. The summed E-state index contributed by atoms with van der Waals surface area (Å²) >= 11 is 0. The number of rotatable bonds is 6. The second-order valence-electron chi connectivity index (χ2n) is 7.67. The molecule has 2 heterocycles. The molecule has 2 aromatic heterocycles. The highest BCUT2D eigenvalue weighted by Crippen LogP contribution is 2.35. The van der Waals surface area contributed by atoms with Gasteiger partial charge in [0.25, 0.3) is 5.91 Å². The number of anilines is 1. The van der Waals surface area contributed by atoms with Gasteiger partial charge >= 0.3 is 0 Å². The molecule has 33 heavy (non-hydrogen) atoms. The number of H-pyrrole nitrogens is 1. The third-order valence-corrected chi connectivity index (χ3v) is 5.63. The molecule has 5 aromatic rings. The summed E-state index contributed by atoms with van der Waals surface area (Å²) in [5, 5.41) is 14.4. The van der Waals surface area contributed by atoms with Crippen molar-refractivity contribution in [3.8, 4) is 17.0 Å². The van der Waals surface area contributed by atoms with Gasteiger partial charge in [0.1, 0.15) is 11.6 Å². The summed E-state index contributed by atoms with van der Waals surface area (Å²) in [7, 11) is 1.65. The van der Waals surface area contributed by atoms with Crippen LogP contribution in [0.25, 0.3) is 33.1 Å². The smallest absolute Gasteiger partial charge is 0.274 e. The highest BCUT2D eigenvalue weighted by molar-refractivity contribution is 6.12. The van der Waals surface area contributed by atoms with Crippen molar-refractivity contribution in [2.45, 2.75) is 6.54 Å². The number of carbonyl (C=O) groups excluding carboxylic acids is 1. The highest BCUT2D eigenvalue weighted by atomic mass is 16.5. The van der Waals surface area contributed by atoms with Crippen molar-refractivity contribution in [2.75, 3.05) is 12.4 Å². The van der Waals surface area contributed by atoms with Gasteiger partial charge in [0.2, 0.25) is 0 Å². The molecule has 0 atom stereocenters. The summed E-state index contributed by atoms with van der Waals surface area (Å²) in [6.45, 7) is 0.527. The van der Waals surface area contributed by atoms with Gasteiger partial charge in [-0.3, -0.25) is 10.0 Å². The average molecular weight is 438 g/mol. The van der Waals surface area contributed by atoms with Crippen LogP contribution in [0.3, 0.4) is 0 Å². The second kappa shape index (κ2) is 8.64. The molecule has 0 radical (unpaired) electrons. The first-order chi connectivity index (χ1) is 16.2. The number of hydrogen-bond acceptors (Lipinski definition) is 5. The number of aromatic nitrogens is 2. The number of pyridine rings is 1. The van der Waals surface area contributed by atoms with Crippen molar-refractivity contribution in [3.05, 3.63) is 90.0 Å². The first kappa shape index (κ1) is 20.5. The number of methoxy groups -OCH3 is 1. The Kier molecular flexibility index (Phi) is 5.38. The van der Waals surface area contributed by atoms with Gasteiger partial charge in [-0.15, -0.1) is 0 Å². The van der Waals surface area contributed by atoms with Crippen LogP contribution in [0.1, 0.15) is 15.9 Å². The monoisotopic (exact) mass is 438 g/mol. The molecule has 0 aliphatic rings. The third-order valence-electron chi connectivity index (χ3n) is 5.63. The van der Waals surface area contributed by atoms with Crippen molar-refractivity contribution < 1.29 is 14.7 Å². The Bertz CT molecular complexity index is 1460. The number of nitrogens with zero attached hydrogens (tertiary/aromatic N) is 1. The molecule has 0 aliphatic heterocycles. The minimum atomic E-state index is -0.538. The molecule has 4 N–H and O–H groups in total. The number of ether oxygens (including phenoxy) is 1. The minimum absolute atomic E-state index is 0.389. The number of hydrogen-bond donors (Lipinski definition) is 4. The van der Waals surface area contributed by atoms with E-state index in [9.17, 15) is 4.79 Å². The van der Waals surface area contributed by atoms with Crippen LogP contribution >= 0.6 is 0 Å². The van der Waals surface area contributed by atoms with Crippen LogP contribution in [0.4, 0.5) is 5.82 Å². The fourth-order valence-electron chi connectivity index (χ4n) is 3.95. The Morgan fingerprint density at radius 1 is 1.00 bits per heavy atom. The van der Waals surface area contributed by atoms with Crippen LogP contribution in [0.5, 0.6) is 5.75 Å². The first-order valence-corrected chi connectivity index (χ1v) is 10.5. The van der Waals surface area contributed by atoms with Gasteiger partial charge < -0.3 is 15.0 Å². The van der Waals surface area contributed by atoms with Crippen molar-refractivity contribution in [3.63, 3.8) is 0 Å². The van der Waals surface area contributed by atoms with Crippen molar-refractivity contribution in [2.24, 2.45) is 0 Å². The van der Waals surface area contributed by atoms with Crippen LogP contribution < -0.4 is 15.5 Å². The zero-order valence-corrected chi connectivity index (χ0v) is 17.9. The Labute approximate surface area is 190 Å². The fraction of sp³-hybridized carbons (Fsp3) is 0.0769. The van der Waals surface area contributed by atoms with E-state index in [-0.39, 0.29) is 0 Å². The lowest BCUT2D eigenvalue weighted by Crippen LogP contribution is -2.18. The molecule has 0 spiro atoms. The molecule has 164 valence electrons. The number of fused-ring (bicyclic) bond motifs is 3. The molecule has 1 amide bonds. The number of amides is 1. The standard InChI is InChI=1S/C26H22N4O3/c1-33-19-6-4-5-18(13-19)24-25-21(20-7-2-3-8-22(20)28-25)14-23(29-24)27-15-16-9-11-17(12-10-16)26(31)30-32/h2-14,28,32H,15H2,1H3,(H,27,29)(H,30,31). The predicted octanol–water partition coefficient (Wildman–Crippen LogP) is 5.12. The van der Waals surface area contributed by atoms with E-state index in [0.717, 1.165) is 50.2 Å². The number of aromatic amines is 1. The molecule has 5 rings (SSSR count). The van der Waals surface area contributed by atoms with E-state index in [1.807, 2.05) is 54.6 Å². The van der Waals surface area contributed by atoms with E-state index >= 15 is 0 Å². The average Bonchev–Trinajstić information content (AvgIpc) is 3.25. The van der Waals surface area contributed by atoms with Crippen molar-refractivity contribution in [1.29, 1.82) is 0 Å². The Hall–Kier alpha value is -4.36. The van der Waals surface area contributed by atoms with Crippen LogP contribution in [-0.2, 0) is 6.54 Å². The van der Waals surface area contributed by atoms with Crippen molar-refractivity contribution in [1.82, 2.24) is 15.4 Å². The molecule has 0 saturated heterocycles. The van der Waals surface area contributed by atoms with Crippen molar-refractivity contribution >= 4 is 33.5 Å². The van der Waals surface area contributed by atoms with Crippen LogP contribution in [-0.4, -0.2) is 28.2 Å². The van der Waals surface area contributed by atoms with Crippen LogP contribution in [0.15, 0.2) is 78.9 Å². The molecule has 0 fully saturated rings. The van der Waals surface area contributed by atoms with Gasteiger partial charge in [-0.2, -0.15) is 0 Å². The number of hydroxylamine groups is 1. The summed E-state index contributed by atoms with van der Waals surface area (Å²) in [5.74, 6) is 0.968. The number of benzene rings is 3. The summed E-state index contributed by atoms with van der Waals surface area (Å²) in [6, 6.07) is 25.1. The predicted molar refractivity (Wildman–Crippen MR) is 129 cm³/mol. The molecule has 7 heteroatoms. The summed E-state index contributed by atoms with van der Waals surface area (Å²) < 4.78 is 5.42. The molecular formula is C26H22N4O3. The topological polar surface area (TPSA) is 99.3 Å². The molecule has 7 nitrogen and oxygen atoms in total. The molecule has 0 bridgehead atoms. The molecule has 3 aromatic carbocycles. The Morgan fingerprint density at radius 3 is 2.61 bits per heavy atom. The van der Waals surface area contributed by atoms with Crippen LogP contribution in [0.2, 0.25) is 0 Å². The van der Waals surface area contributed by atoms with Crippen LogP contribution in [0, 0.1) is 0 Å². The first-order valence-electron chi connectivity index (χ1n) is 10.5. The number of carbonyl (C=O) groups is 1. The Morgan fingerprint density at radius 2 is 1.82 bits per heavy atom. The van der Waals surface area contributed by atoms with Gasteiger partial charge in [-0.1, -0.05) is 42.5 Å². The van der Waals surface area contributed by atoms with Gasteiger partial charge in [0.15, 0.2) is 0 Å². The molecule has 0 saturated carbocycles. The van der Waals surface area contributed by atoms with Gasteiger partial charge in [-0.25, -0.2) is 10.5 Å². The van der Waals surface area contributed by atoms with E-state index in [0.29, 0.717) is 12.1 Å². The lowest BCUT2D eigenvalue weighted by molar-refractivity contribution is 0.0706. The summed E-state index contributed by atoms with van der Waals surface area (Å²) in [5.41, 5.74) is 6.81. The maximum atomic E-state index is 11.5. The lowest BCUT2D eigenvalue weighted by Gasteiger charge is -2.11. The third kappa shape index (κ3) is 3.97. The number of para-hydroxylation sites is 1. The largest absolute Gasteiger partial charge is 0.497 e. The maximum Gasteiger partial charge on any atom is 0.274 e. The van der Waals surface area contributed by atoms with Gasteiger partial charge in [0, 0.05) is 34.0 Å². The fourth-order valence-corrected chi connectivity index (χ4v) is 3.95. The van der Waals surface area contributed by atoms with E-state index in [1.54, 1.807) is 24.7 Å².